The second-order valence-corrected chi connectivity index (χ2v) is 8.93. The molecule has 2 heterocycles. The normalized spacial score (nSPS) is 24.2. The number of ether oxygens (including phenoxy) is 3. The largest absolute Gasteiger partial charge is 0.454 e. The highest BCUT2D eigenvalue weighted by molar-refractivity contribution is 7.15. The van der Waals surface area contributed by atoms with E-state index in [1.807, 2.05) is 36.4 Å². The van der Waals surface area contributed by atoms with Crippen LogP contribution in [0.1, 0.15) is 22.3 Å². The molecule has 2 aromatic carbocycles. The van der Waals surface area contributed by atoms with Crippen LogP contribution < -0.4 is 0 Å². The maximum atomic E-state index is 12.3. The van der Waals surface area contributed by atoms with Gasteiger partial charge >= 0.3 is 5.97 Å². The first-order chi connectivity index (χ1) is 16.7. The first-order valence-electron chi connectivity index (χ1n) is 11.3. The molecule has 0 saturated carbocycles. The predicted molar refractivity (Wildman–Crippen MR) is 138 cm³/mol. The highest BCUT2D eigenvalue weighted by Gasteiger charge is 2.50. The quantitative estimate of drug-likeness (QED) is 0.122. The summed E-state index contributed by atoms with van der Waals surface area (Å²) in [6.45, 7) is 0.895. The van der Waals surface area contributed by atoms with E-state index in [0.717, 1.165) is 23.5 Å². The zero-order chi connectivity index (χ0) is 23.8. The van der Waals surface area contributed by atoms with Crippen molar-refractivity contribution in [3.8, 4) is 0 Å². The molecule has 2 aromatic rings. The fourth-order valence-electron chi connectivity index (χ4n) is 3.85. The molecule has 4 rings (SSSR count). The van der Waals surface area contributed by atoms with Gasteiger partial charge < -0.3 is 14.2 Å². The zero-order valence-corrected chi connectivity index (χ0v) is 21.2. The Morgan fingerprint density at radius 2 is 1.41 bits per heavy atom. The van der Waals surface area contributed by atoms with Gasteiger partial charge in [0.1, 0.15) is 24.9 Å². The van der Waals surface area contributed by atoms with Crippen molar-refractivity contribution in [2.75, 3.05) is 19.8 Å². The van der Waals surface area contributed by atoms with Crippen LogP contribution >= 0.6 is 18.5 Å². The molecule has 2 aliphatic rings. The van der Waals surface area contributed by atoms with Crippen molar-refractivity contribution < 1.29 is 28.8 Å². The van der Waals surface area contributed by atoms with Crippen molar-refractivity contribution in [2.24, 2.45) is 0 Å². The molecular weight excluding hydrogens is 470 g/mol. The summed E-state index contributed by atoms with van der Waals surface area (Å²) >= 11 is 0. The van der Waals surface area contributed by atoms with E-state index in [2.05, 4.69) is 42.7 Å². The standard InChI is InChI=1S/C26H30O6P2/c27-24(12-11-19-5-9-21(17-34)10-6-19)31-22-14-28-26-23(15-29-25(22)26)32-30-13-1-2-18-3-7-20(16-33)8-4-18/h1-12,22-23,25-26H,13-17,33-34H2/b2-1+,12-11-. The Morgan fingerprint density at radius 1 is 0.853 bits per heavy atom. The van der Waals surface area contributed by atoms with Crippen LogP contribution in [0.2, 0.25) is 0 Å². The van der Waals surface area contributed by atoms with Gasteiger partial charge in [-0.1, -0.05) is 60.7 Å². The SMILES string of the molecule is O=C(/C=C\c1ccc(CP)cc1)OC1COC2C(OOC/C=C/c3ccc(CP)cc3)COC12. The minimum absolute atomic E-state index is 0.268. The van der Waals surface area contributed by atoms with Gasteiger partial charge in [0.15, 0.2) is 6.10 Å². The topological polar surface area (TPSA) is 63.2 Å². The zero-order valence-electron chi connectivity index (χ0n) is 18.9. The summed E-state index contributed by atoms with van der Waals surface area (Å²) in [4.78, 5) is 23.1. The Kier molecular flexibility index (Phi) is 9.41. The van der Waals surface area contributed by atoms with Gasteiger partial charge in [-0.3, -0.25) is 0 Å². The third kappa shape index (κ3) is 6.82. The van der Waals surface area contributed by atoms with Gasteiger partial charge in [0.25, 0.3) is 0 Å². The van der Waals surface area contributed by atoms with Crippen LogP contribution in [0.4, 0.5) is 0 Å². The molecule has 34 heavy (non-hydrogen) atoms. The second-order valence-electron chi connectivity index (χ2n) is 8.12. The van der Waals surface area contributed by atoms with Gasteiger partial charge in [-0.15, -0.1) is 18.5 Å². The predicted octanol–water partition coefficient (Wildman–Crippen LogP) is 4.19. The van der Waals surface area contributed by atoms with Gasteiger partial charge in [0, 0.05) is 6.08 Å². The van der Waals surface area contributed by atoms with Gasteiger partial charge in [0.2, 0.25) is 0 Å². The van der Waals surface area contributed by atoms with Crippen molar-refractivity contribution in [3.63, 3.8) is 0 Å². The van der Waals surface area contributed by atoms with Crippen LogP contribution in [0.25, 0.3) is 12.2 Å². The molecule has 0 bridgehead atoms. The fraction of sp³-hybridized carbons (Fsp3) is 0.346. The van der Waals surface area contributed by atoms with Crippen molar-refractivity contribution in [1.82, 2.24) is 0 Å². The molecule has 6 nitrogen and oxygen atoms in total. The minimum Gasteiger partial charge on any atom is -0.454 e. The number of benzene rings is 2. The van der Waals surface area contributed by atoms with Crippen molar-refractivity contribution >= 4 is 36.6 Å². The van der Waals surface area contributed by atoms with E-state index in [0.29, 0.717) is 13.2 Å². The molecule has 0 aliphatic carbocycles. The summed E-state index contributed by atoms with van der Waals surface area (Å²) < 4.78 is 17.1. The Labute approximate surface area is 205 Å². The number of hydrogen-bond donors (Lipinski definition) is 0. The molecule has 6 unspecified atom stereocenters. The Morgan fingerprint density at radius 3 is 2.03 bits per heavy atom. The van der Waals surface area contributed by atoms with Crippen LogP contribution in [0, 0.1) is 0 Å². The molecule has 0 aromatic heterocycles. The average Bonchev–Trinajstić information content (AvgIpc) is 3.46. The van der Waals surface area contributed by atoms with E-state index in [-0.39, 0.29) is 24.9 Å². The number of fused-ring (bicyclic) bond motifs is 1. The van der Waals surface area contributed by atoms with Crippen LogP contribution in [0.3, 0.4) is 0 Å². The molecule has 0 amide bonds. The molecule has 6 atom stereocenters. The minimum atomic E-state index is -0.473. The average molecular weight is 500 g/mol. The summed E-state index contributed by atoms with van der Waals surface area (Å²) in [5, 5.41) is 0. The lowest BCUT2D eigenvalue weighted by molar-refractivity contribution is -0.326. The summed E-state index contributed by atoms with van der Waals surface area (Å²) in [7, 11) is 5.40. The first kappa shape index (κ1) is 25.2. The summed E-state index contributed by atoms with van der Waals surface area (Å²) in [5.74, 6) is -0.426. The van der Waals surface area contributed by atoms with Crippen molar-refractivity contribution in [1.29, 1.82) is 0 Å². The third-order valence-electron chi connectivity index (χ3n) is 5.74. The molecule has 2 saturated heterocycles. The van der Waals surface area contributed by atoms with Gasteiger partial charge in [-0.25, -0.2) is 14.6 Å². The van der Waals surface area contributed by atoms with Crippen LogP contribution in [-0.2, 0) is 41.1 Å². The van der Waals surface area contributed by atoms with E-state index < -0.39 is 12.1 Å². The Balaban J connectivity index is 1.18. The monoisotopic (exact) mass is 500 g/mol. The van der Waals surface area contributed by atoms with Crippen LogP contribution in [-0.4, -0.2) is 50.2 Å². The summed E-state index contributed by atoms with van der Waals surface area (Å²) in [6, 6.07) is 16.3. The maximum Gasteiger partial charge on any atom is 0.331 e. The van der Waals surface area contributed by atoms with E-state index >= 15 is 0 Å². The Hall–Kier alpha value is -1.91. The van der Waals surface area contributed by atoms with Crippen molar-refractivity contribution in [3.05, 3.63) is 82.9 Å². The summed E-state index contributed by atoms with van der Waals surface area (Å²) in [6.07, 6.45) is 7.35. The van der Waals surface area contributed by atoms with Gasteiger partial charge in [-0.2, -0.15) is 0 Å². The van der Waals surface area contributed by atoms with E-state index in [1.165, 1.54) is 17.2 Å². The van der Waals surface area contributed by atoms with Crippen LogP contribution in [0.5, 0.6) is 0 Å². The molecule has 0 N–H and O–H groups in total. The summed E-state index contributed by atoms with van der Waals surface area (Å²) in [5.41, 5.74) is 4.53. The fourth-order valence-corrected chi connectivity index (χ4v) is 4.39. The first-order valence-corrected chi connectivity index (χ1v) is 12.9. The molecular formula is C26H30O6P2. The van der Waals surface area contributed by atoms with E-state index in [9.17, 15) is 4.79 Å². The molecule has 2 fully saturated rings. The highest BCUT2D eigenvalue weighted by atomic mass is 31.0. The highest BCUT2D eigenvalue weighted by Crippen LogP contribution is 2.30. The molecule has 180 valence electrons. The molecule has 0 spiro atoms. The molecule has 8 heteroatoms. The Bertz CT molecular complexity index is 989. The van der Waals surface area contributed by atoms with Crippen molar-refractivity contribution in [2.45, 2.75) is 36.7 Å². The smallest absolute Gasteiger partial charge is 0.331 e. The number of carbonyl (C=O) groups excluding carboxylic acids is 1. The number of hydrogen-bond acceptors (Lipinski definition) is 6. The lowest BCUT2D eigenvalue weighted by Crippen LogP contribution is -2.34. The molecule has 0 radical (unpaired) electrons. The second kappa shape index (κ2) is 12.7. The maximum absolute atomic E-state index is 12.3. The third-order valence-corrected chi connectivity index (χ3v) is 6.68. The lowest BCUT2D eigenvalue weighted by atomic mass is 10.1. The number of carbonyl (C=O) groups is 1. The van der Waals surface area contributed by atoms with Gasteiger partial charge in [0.05, 0.1) is 13.2 Å². The van der Waals surface area contributed by atoms with Gasteiger partial charge in [-0.05, 0) is 40.7 Å². The lowest BCUT2D eigenvalue weighted by Gasteiger charge is -2.16. The van der Waals surface area contributed by atoms with E-state index in [1.54, 1.807) is 6.08 Å². The van der Waals surface area contributed by atoms with Crippen LogP contribution in [0.15, 0.2) is 60.7 Å². The molecule has 2 aliphatic heterocycles. The van der Waals surface area contributed by atoms with E-state index in [4.69, 9.17) is 24.0 Å². The number of rotatable bonds is 10. The number of esters is 1.